The van der Waals surface area contributed by atoms with Crippen LogP contribution in [0, 0.1) is 19.8 Å². The van der Waals surface area contributed by atoms with Crippen LogP contribution in [0.25, 0.3) is 0 Å². The number of carbonyl (C=O) groups excluding carboxylic acids is 2. The van der Waals surface area contributed by atoms with Gasteiger partial charge in [-0.25, -0.2) is 0 Å². The molecule has 4 nitrogen and oxygen atoms in total. The fraction of sp³-hybridized carbons (Fsp3) is 0.417. The first-order valence-corrected chi connectivity index (χ1v) is 10.9. The van der Waals surface area contributed by atoms with E-state index in [9.17, 15) is 9.59 Å². The molecule has 0 radical (unpaired) electrons. The standard InChI is InChI=1S/C24H30Cl2N2O2/c1-15(2)13-27-24(30)18(5)28(14-19-6-7-21(25)22(26)11-19)23(29)12-20-9-16(3)8-17(4)10-20/h6-11,15,18H,12-14H2,1-5H3,(H,27,30)/t18-/m1/s1. The molecule has 0 bridgehead atoms. The Labute approximate surface area is 189 Å². The minimum Gasteiger partial charge on any atom is -0.354 e. The summed E-state index contributed by atoms with van der Waals surface area (Å²) in [6.07, 6.45) is 0.228. The summed E-state index contributed by atoms with van der Waals surface area (Å²) in [5.41, 5.74) is 3.97. The first kappa shape index (κ1) is 24.2. The summed E-state index contributed by atoms with van der Waals surface area (Å²) in [7, 11) is 0. The lowest BCUT2D eigenvalue weighted by atomic mass is 10.0. The number of aryl methyl sites for hydroxylation is 2. The van der Waals surface area contributed by atoms with E-state index in [1.54, 1.807) is 24.0 Å². The van der Waals surface area contributed by atoms with E-state index >= 15 is 0 Å². The maximum Gasteiger partial charge on any atom is 0.242 e. The Kier molecular flexibility index (Phi) is 8.75. The zero-order chi connectivity index (χ0) is 22.4. The Hall–Kier alpha value is -2.04. The molecule has 6 heteroatoms. The van der Waals surface area contributed by atoms with Crippen molar-refractivity contribution >= 4 is 35.0 Å². The first-order chi connectivity index (χ1) is 14.1. The first-order valence-electron chi connectivity index (χ1n) is 10.1. The van der Waals surface area contributed by atoms with Gasteiger partial charge in [0.15, 0.2) is 0 Å². The van der Waals surface area contributed by atoms with Gasteiger partial charge in [0.1, 0.15) is 6.04 Å². The number of carbonyl (C=O) groups is 2. The van der Waals surface area contributed by atoms with Gasteiger partial charge in [0.2, 0.25) is 11.8 Å². The predicted molar refractivity (Wildman–Crippen MR) is 124 cm³/mol. The molecule has 0 heterocycles. The number of halogens is 2. The number of benzene rings is 2. The Morgan fingerprint density at radius 3 is 2.13 bits per heavy atom. The highest BCUT2D eigenvalue weighted by Crippen LogP contribution is 2.24. The van der Waals surface area contributed by atoms with Crippen molar-refractivity contribution in [2.75, 3.05) is 6.54 Å². The van der Waals surface area contributed by atoms with Gasteiger partial charge in [-0.3, -0.25) is 9.59 Å². The number of hydrogen-bond acceptors (Lipinski definition) is 2. The monoisotopic (exact) mass is 448 g/mol. The number of amides is 2. The van der Waals surface area contributed by atoms with Crippen molar-refractivity contribution in [1.29, 1.82) is 0 Å². The minimum atomic E-state index is -0.614. The fourth-order valence-electron chi connectivity index (χ4n) is 3.32. The van der Waals surface area contributed by atoms with E-state index < -0.39 is 6.04 Å². The van der Waals surface area contributed by atoms with Crippen LogP contribution in [0.3, 0.4) is 0 Å². The summed E-state index contributed by atoms with van der Waals surface area (Å²) in [6.45, 7) is 10.7. The van der Waals surface area contributed by atoms with Crippen molar-refractivity contribution in [3.05, 3.63) is 68.7 Å². The van der Waals surface area contributed by atoms with Crippen molar-refractivity contribution in [1.82, 2.24) is 10.2 Å². The molecule has 2 aromatic carbocycles. The fourth-order valence-corrected chi connectivity index (χ4v) is 3.64. The van der Waals surface area contributed by atoms with Crippen LogP contribution in [0.5, 0.6) is 0 Å². The van der Waals surface area contributed by atoms with E-state index in [4.69, 9.17) is 23.2 Å². The highest BCUT2D eigenvalue weighted by atomic mass is 35.5. The molecule has 2 aromatic rings. The molecule has 0 aliphatic carbocycles. The molecule has 0 fully saturated rings. The Balaban J connectivity index is 2.27. The maximum atomic E-state index is 13.3. The van der Waals surface area contributed by atoms with Crippen LogP contribution in [-0.4, -0.2) is 29.3 Å². The van der Waals surface area contributed by atoms with Gasteiger partial charge in [-0.1, -0.05) is 72.4 Å². The zero-order valence-electron chi connectivity index (χ0n) is 18.3. The third kappa shape index (κ3) is 7.03. The second-order valence-corrected chi connectivity index (χ2v) is 9.07. The van der Waals surface area contributed by atoms with Crippen LogP contribution in [-0.2, 0) is 22.6 Å². The van der Waals surface area contributed by atoms with Crippen molar-refractivity contribution in [3.63, 3.8) is 0 Å². The van der Waals surface area contributed by atoms with E-state index in [0.29, 0.717) is 22.5 Å². The quantitative estimate of drug-likeness (QED) is 0.591. The minimum absolute atomic E-state index is 0.113. The smallest absolute Gasteiger partial charge is 0.242 e. The molecule has 0 spiro atoms. The van der Waals surface area contributed by atoms with Crippen LogP contribution in [0.2, 0.25) is 10.0 Å². The van der Waals surface area contributed by atoms with Crippen molar-refractivity contribution < 1.29 is 9.59 Å². The molecule has 1 N–H and O–H groups in total. The van der Waals surface area contributed by atoms with Gasteiger partial charge >= 0.3 is 0 Å². The molecule has 0 saturated heterocycles. The second kappa shape index (κ2) is 10.8. The van der Waals surface area contributed by atoms with E-state index in [-0.39, 0.29) is 24.8 Å². The van der Waals surface area contributed by atoms with Gasteiger partial charge < -0.3 is 10.2 Å². The van der Waals surface area contributed by atoms with Crippen LogP contribution < -0.4 is 5.32 Å². The summed E-state index contributed by atoms with van der Waals surface area (Å²) in [5, 5.41) is 3.80. The molecule has 0 aliphatic rings. The molecule has 162 valence electrons. The lowest BCUT2D eigenvalue weighted by molar-refractivity contribution is -0.140. The molecule has 2 amide bonds. The number of hydrogen-bond donors (Lipinski definition) is 1. The van der Waals surface area contributed by atoms with Crippen LogP contribution in [0.15, 0.2) is 36.4 Å². The molecule has 0 unspecified atom stereocenters. The van der Waals surface area contributed by atoms with E-state index in [0.717, 1.165) is 22.3 Å². The lowest BCUT2D eigenvalue weighted by Gasteiger charge is -2.29. The third-order valence-corrected chi connectivity index (χ3v) is 5.56. The summed E-state index contributed by atoms with van der Waals surface area (Å²) in [4.78, 5) is 27.6. The van der Waals surface area contributed by atoms with E-state index in [2.05, 4.69) is 11.4 Å². The zero-order valence-corrected chi connectivity index (χ0v) is 19.8. The van der Waals surface area contributed by atoms with Crippen LogP contribution in [0.4, 0.5) is 0 Å². The Morgan fingerprint density at radius 2 is 1.57 bits per heavy atom. The SMILES string of the molecule is Cc1cc(C)cc(CC(=O)N(Cc2ccc(Cl)c(Cl)c2)[C@H](C)C(=O)NCC(C)C)c1. The molecule has 0 aliphatic heterocycles. The molecule has 2 rings (SSSR count). The third-order valence-electron chi connectivity index (χ3n) is 4.83. The molecular weight excluding hydrogens is 419 g/mol. The molecule has 0 aromatic heterocycles. The van der Waals surface area contributed by atoms with E-state index in [1.807, 2.05) is 45.9 Å². The summed E-state index contributed by atoms with van der Waals surface area (Å²) in [6, 6.07) is 10.7. The van der Waals surface area contributed by atoms with Gasteiger partial charge in [0.05, 0.1) is 16.5 Å². The predicted octanol–water partition coefficient (Wildman–Crippen LogP) is 5.34. The van der Waals surface area contributed by atoms with Crippen molar-refractivity contribution in [2.24, 2.45) is 5.92 Å². The van der Waals surface area contributed by atoms with Crippen LogP contribution in [0.1, 0.15) is 43.0 Å². The van der Waals surface area contributed by atoms with Crippen LogP contribution >= 0.6 is 23.2 Å². The van der Waals surface area contributed by atoms with Gasteiger partial charge in [-0.15, -0.1) is 0 Å². The largest absolute Gasteiger partial charge is 0.354 e. The maximum absolute atomic E-state index is 13.3. The molecule has 30 heavy (non-hydrogen) atoms. The highest BCUT2D eigenvalue weighted by Gasteiger charge is 2.26. The topological polar surface area (TPSA) is 49.4 Å². The van der Waals surface area contributed by atoms with Crippen molar-refractivity contribution in [2.45, 2.75) is 53.6 Å². The summed E-state index contributed by atoms with van der Waals surface area (Å²) >= 11 is 12.2. The molecule has 1 atom stereocenters. The number of nitrogens with one attached hydrogen (secondary N) is 1. The Morgan fingerprint density at radius 1 is 0.933 bits per heavy atom. The lowest BCUT2D eigenvalue weighted by Crippen LogP contribution is -2.48. The Bertz CT molecular complexity index is 892. The average Bonchev–Trinajstić information content (AvgIpc) is 2.65. The molecular formula is C24H30Cl2N2O2. The average molecular weight is 449 g/mol. The van der Waals surface area contributed by atoms with Gasteiger partial charge in [0, 0.05) is 13.1 Å². The molecule has 0 saturated carbocycles. The second-order valence-electron chi connectivity index (χ2n) is 8.26. The van der Waals surface area contributed by atoms with E-state index in [1.165, 1.54) is 0 Å². The van der Waals surface area contributed by atoms with Gasteiger partial charge in [0.25, 0.3) is 0 Å². The highest BCUT2D eigenvalue weighted by molar-refractivity contribution is 6.42. The van der Waals surface area contributed by atoms with Gasteiger partial charge in [-0.2, -0.15) is 0 Å². The number of rotatable bonds is 8. The normalized spacial score (nSPS) is 12.0. The van der Waals surface area contributed by atoms with Gasteiger partial charge in [-0.05, 0) is 49.9 Å². The van der Waals surface area contributed by atoms with Crippen molar-refractivity contribution in [3.8, 4) is 0 Å². The summed E-state index contributed by atoms with van der Waals surface area (Å²) in [5.74, 6) is 0.0476. The summed E-state index contributed by atoms with van der Waals surface area (Å²) < 4.78 is 0. The number of nitrogens with zero attached hydrogens (tertiary/aromatic N) is 1.